The highest BCUT2D eigenvalue weighted by molar-refractivity contribution is 6.70. The van der Waals surface area contributed by atoms with Crippen LogP contribution in [0.25, 0.3) is 0 Å². The van der Waals surface area contributed by atoms with Gasteiger partial charge < -0.3 is 0 Å². The van der Waals surface area contributed by atoms with E-state index in [4.69, 9.17) is 23.2 Å². The molecule has 0 saturated carbocycles. The highest BCUT2D eigenvalue weighted by Crippen LogP contribution is 2.32. The lowest BCUT2D eigenvalue weighted by atomic mass is 9.97. The molecular formula is C13H15Cl2NO. The predicted octanol–water partition coefficient (Wildman–Crippen LogP) is 3.03. The van der Waals surface area contributed by atoms with E-state index in [1.807, 2.05) is 18.2 Å². The van der Waals surface area contributed by atoms with Crippen LogP contribution < -0.4 is 0 Å². The molecule has 0 atom stereocenters. The molecule has 0 aromatic heterocycles. The zero-order chi connectivity index (χ0) is 12.3. The van der Waals surface area contributed by atoms with Crippen LogP contribution in [0.4, 0.5) is 0 Å². The summed E-state index contributed by atoms with van der Waals surface area (Å²) in [6.45, 7) is 2.54. The third kappa shape index (κ3) is 3.21. The number of nitrogens with zero attached hydrogens (tertiary/aromatic N) is 1. The molecule has 92 valence electrons. The third-order valence-corrected chi connectivity index (χ3v) is 4.26. The Bertz CT molecular complexity index is 386. The molecule has 17 heavy (non-hydrogen) atoms. The van der Waals surface area contributed by atoms with Gasteiger partial charge in [0, 0.05) is 19.6 Å². The van der Waals surface area contributed by atoms with E-state index >= 15 is 0 Å². The molecule has 0 unspecified atom stereocenters. The smallest absolute Gasteiger partial charge is 0.242 e. The Morgan fingerprint density at radius 1 is 1.24 bits per heavy atom. The van der Waals surface area contributed by atoms with Crippen molar-refractivity contribution < 1.29 is 4.79 Å². The van der Waals surface area contributed by atoms with E-state index in [0.717, 1.165) is 19.6 Å². The van der Waals surface area contributed by atoms with Gasteiger partial charge in [-0.1, -0.05) is 30.3 Å². The fourth-order valence-corrected chi connectivity index (χ4v) is 2.46. The van der Waals surface area contributed by atoms with Crippen molar-refractivity contribution in [1.82, 2.24) is 4.90 Å². The van der Waals surface area contributed by atoms with Crippen LogP contribution in [0.1, 0.15) is 18.4 Å². The normalized spacial score (nSPS) is 20.1. The van der Waals surface area contributed by atoms with Gasteiger partial charge in [-0.2, -0.15) is 0 Å². The fourth-order valence-electron chi connectivity index (χ4n) is 2.10. The lowest BCUT2D eigenvalue weighted by molar-refractivity contribution is -0.115. The van der Waals surface area contributed by atoms with Gasteiger partial charge in [0.15, 0.2) is 0 Å². The van der Waals surface area contributed by atoms with E-state index in [1.165, 1.54) is 5.56 Å². The molecule has 1 heterocycles. The molecule has 0 spiro atoms. The molecule has 1 aromatic rings. The number of benzene rings is 1. The molecule has 2 rings (SSSR count). The third-order valence-electron chi connectivity index (χ3n) is 3.25. The van der Waals surface area contributed by atoms with Crippen LogP contribution in [0.15, 0.2) is 30.3 Å². The summed E-state index contributed by atoms with van der Waals surface area (Å²) in [5, 5.41) is -0.418. The van der Waals surface area contributed by atoms with E-state index in [-0.39, 0.29) is 0 Å². The highest BCUT2D eigenvalue weighted by Gasteiger charge is 2.38. The van der Waals surface area contributed by atoms with E-state index in [2.05, 4.69) is 17.0 Å². The molecule has 1 fully saturated rings. The Morgan fingerprint density at radius 3 is 2.35 bits per heavy atom. The van der Waals surface area contributed by atoms with Gasteiger partial charge in [0.05, 0.1) is 0 Å². The number of piperidine rings is 1. The summed E-state index contributed by atoms with van der Waals surface area (Å²) in [4.78, 5) is 12.7. The van der Waals surface area contributed by atoms with Gasteiger partial charge in [0.2, 0.25) is 5.24 Å². The number of halogens is 2. The second kappa shape index (κ2) is 5.38. The van der Waals surface area contributed by atoms with Crippen molar-refractivity contribution in [3.05, 3.63) is 35.9 Å². The summed E-state index contributed by atoms with van der Waals surface area (Å²) in [7, 11) is 0. The highest BCUT2D eigenvalue weighted by atomic mass is 35.5. The van der Waals surface area contributed by atoms with E-state index in [1.54, 1.807) is 0 Å². The summed E-state index contributed by atoms with van der Waals surface area (Å²) in [6, 6.07) is 10.3. The minimum Gasteiger partial charge on any atom is -0.299 e. The first kappa shape index (κ1) is 12.9. The van der Waals surface area contributed by atoms with Gasteiger partial charge in [-0.3, -0.25) is 9.69 Å². The summed E-state index contributed by atoms with van der Waals surface area (Å²) in [5.41, 5.74) is 1.28. The molecular weight excluding hydrogens is 257 g/mol. The number of hydrogen-bond acceptors (Lipinski definition) is 2. The van der Waals surface area contributed by atoms with Gasteiger partial charge >= 0.3 is 0 Å². The first-order chi connectivity index (χ1) is 8.10. The zero-order valence-electron chi connectivity index (χ0n) is 9.53. The number of carbonyl (C=O) groups excluding carboxylic acids is 1. The van der Waals surface area contributed by atoms with Crippen molar-refractivity contribution in [2.75, 3.05) is 13.1 Å². The van der Waals surface area contributed by atoms with Crippen molar-refractivity contribution in [1.29, 1.82) is 0 Å². The molecule has 1 aromatic carbocycles. The monoisotopic (exact) mass is 271 g/mol. The van der Waals surface area contributed by atoms with Gasteiger partial charge in [0.1, 0.15) is 4.87 Å². The minimum atomic E-state index is -0.839. The lowest BCUT2D eigenvalue weighted by Crippen LogP contribution is -2.43. The molecule has 1 saturated heterocycles. The molecule has 1 aliphatic heterocycles. The quantitative estimate of drug-likeness (QED) is 0.622. The van der Waals surface area contributed by atoms with Crippen LogP contribution in [0.3, 0.4) is 0 Å². The maximum Gasteiger partial charge on any atom is 0.242 e. The van der Waals surface area contributed by atoms with Crippen LogP contribution in [-0.4, -0.2) is 28.1 Å². The van der Waals surface area contributed by atoms with Crippen molar-refractivity contribution in [2.45, 2.75) is 24.3 Å². The molecule has 0 N–H and O–H groups in total. The molecule has 0 radical (unpaired) electrons. The standard InChI is InChI=1S/C13H15Cl2NO/c14-12(17)13(15)6-8-16(9-7-13)10-11-4-2-1-3-5-11/h1-5H,6-10H2. The first-order valence-electron chi connectivity index (χ1n) is 5.75. The molecule has 0 bridgehead atoms. The Morgan fingerprint density at radius 2 is 1.82 bits per heavy atom. The van der Waals surface area contributed by atoms with Gasteiger partial charge in [-0.25, -0.2) is 0 Å². The summed E-state index contributed by atoms with van der Waals surface area (Å²) < 4.78 is 0. The van der Waals surface area contributed by atoms with Crippen molar-refractivity contribution >= 4 is 28.4 Å². The first-order valence-corrected chi connectivity index (χ1v) is 6.51. The zero-order valence-corrected chi connectivity index (χ0v) is 11.0. The van der Waals surface area contributed by atoms with Crippen LogP contribution in [0.5, 0.6) is 0 Å². The second-order valence-electron chi connectivity index (χ2n) is 4.50. The molecule has 1 aliphatic rings. The number of likely N-dealkylation sites (tertiary alicyclic amines) is 1. The van der Waals surface area contributed by atoms with Crippen molar-refractivity contribution in [3.8, 4) is 0 Å². The van der Waals surface area contributed by atoms with E-state index in [0.29, 0.717) is 12.8 Å². The average Bonchev–Trinajstić information content (AvgIpc) is 2.33. The maximum absolute atomic E-state index is 11.2. The van der Waals surface area contributed by atoms with Crippen LogP contribution in [0.2, 0.25) is 0 Å². The van der Waals surface area contributed by atoms with Gasteiger partial charge in [-0.05, 0) is 30.0 Å². The minimum absolute atomic E-state index is 0.418. The average molecular weight is 272 g/mol. The van der Waals surface area contributed by atoms with E-state index in [9.17, 15) is 4.79 Å². The number of alkyl halides is 1. The van der Waals surface area contributed by atoms with E-state index < -0.39 is 10.1 Å². The fraction of sp³-hybridized carbons (Fsp3) is 0.462. The Kier molecular flexibility index (Phi) is 4.08. The summed E-state index contributed by atoms with van der Waals surface area (Å²) in [6.07, 6.45) is 1.26. The van der Waals surface area contributed by atoms with Gasteiger partial charge in [-0.15, -0.1) is 11.6 Å². The number of rotatable bonds is 3. The van der Waals surface area contributed by atoms with Crippen molar-refractivity contribution in [2.24, 2.45) is 0 Å². The van der Waals surface area contributed by atoms with Crippen LogP contribution >= 0.6 is 23.2 Å². The molecule has 4 heteroatoms. The summed E-state index contributed by atoms with van der Waals surface area (Å²) in [5.74, 6) is 0. The van der Waals surface area contributed by atoms with Crippen LogP contribution in [-0.2, 0) is 11.3 Å². The number of carbonyl (C=O) groups is 1. The summed E-state index contributed by atoms with van der Waals surface area (Å²) >= 11 is 11.7. The molecule has 2 nitrogen and oxygen atoms in total. The van der Waals surface area contributed by atoms with Crippen molar-refractivity contribution in [3.63, 3.8) is 0 Å². The van der Waals surface area contributed by atoms with Crippen LogP contribution in [0, 0.1) is 0 Å². The Balaban J connectivity index is 1.90. The SMILES string of the molecule is O=C(Cl)C1(Cl)CCN(Cc2ccccc2)CC1. The Hall–Kier alpha value is -0.570. The Labute approximate surface area is 112 Å². The lowest BCUT2D eigenvalue weighted by Gasteiger charge is -2.35. The second-order valence-corrected chi connectivity index (χ2v) is 5.57. The topological polar surface area (TPSA) is 20.3 Å². The number of hydrogen-bond donors (Lipinski definition) is 0. The largest absolute Gasteiger partial charge is 0.299 e. The molecule has 0 aliphatic carbocycles. The maximum atomic E-state index is 11.2. The molecule has 0 amide bonds. The van der Waals surface area contributed by atoms with Gasteiger partial charge in [0.25, 0.3) is 0 Å². The predicted molar refractivity (Wildman–Crippen MR) is 70.4 cm³/mol.